The average molecular weight is 326 g/mol. The minimum Gasteiger partial charge on any atom is -0.452 e. The van der Waals surface area contributed by atoms with Crippen molar-refractivity contribution in [2.45, 2.75) is 13.5 Å². The normalized spacial score (nSPS) is 10.1. The molecule has 0 fully saturated rings. The number of benzene rings is 2. The summed E-state index contributed by atoms with van der Waals surface area (Å²) in [7, 11) is 3.94. The zero-order valence-electron chi connectivity index (χ0n) is 14.2. The van der Waals surface area contributed by atoms with E-state index in [4.69, 9.17) is 4.74 Å². The maximum Gasteiger partial charge on any atom is 0.338 e. The van der Waals surface area contributed by atoms with Crippen molar-refractivity contribution in [1.29, 1.82) is 0 Å². The van der Waals surface area contributed by atoms with Crippen molar-refractivity contribution in [3.63, 3.8) is 0 Å². The third kappa shape index (κ3) is 4.84. The van der Waals surface area contributed by atoms with E-state index in [2.05, 4.69) is 5.32 Å². The van der Waals surface area contributed by atoms with Crippen molar-refractivity contribution in [3.8, 4) is 0 Å². The Labute approximate surface area is 142 Å². The van der Waals surface area contributed by atoms with Gasteiger partial charge in [0.05, 0.1) is 5.56 Å². The number of carbonyl (C=O) groups excluding carboxylic acids is 2. The number of hydrogen-bond acceptors (Lipinski definition) is 4. The molecule has 0 aliphatic heterocycles. The molecule has 1 amide bonds. The lowest BCUT2D eigenvalue weighted by Crippen LogP contribution is -2.28. The van der Waals surface area contributed by atoms with E-state index in [0.717, 1.165) is 16.8 Å². The number of amides is 1. The van der Waals surface area contributed by atoms with Gasteiger partial charge in [-0.3, -0.25) is 4.79 Å². The Balaban J connectivity index is 1.79. The van der Waals surface area contributed by atoms with Gasteiger partial charge in [0.25, 0.3) is 5.91 Å². The Morgan fingerprint density at radius 2 is 1.71 bits per heavy atom. The molecular formula is C19H22N2O3. The maximum atomic E-state index is 11.9. The monoisotopic (exact) mass is 326 g/mol. The van der Waals surface area contributed by atoms with Crippen molar-refractivity contribution in [2.24, 2.45) is 0 Å². The van der Waals surface area contributed by atoms with Gasteiger partial charge in [-0.25, -0.2) is 4.79 Å². The summed E-state index contributed by atoms with van der Waals surface area (Å²) in [6.07, 6.45) is 0. The van der Waals surface area contributed by atoms with Gasteiger partial charge in [0.15, 0.2) is 6.61 Å². The molecule has 0 aliphatic carbocycles. The lowest BCUT2D eigenvalue weighted by molar-refractivity contribution is -0.124. The van der Waals surface area contributed by atoms with E-state index >= 15 is 0 Å². The van der Waals surface area contributed by atoms with Gasteiger partial charge in [-0.1, -0.05) is 30.3 Å². The molecule has 0 unspecified atom stereocenters. The fourth-order valence-corrected chi connectivity index (χ4v) is 2.17. The van der Waals surface area contributed by atoms with Gasteiger partial charge in [0.1, 0.15) is 0 Å². The van der Waals surface area contributed by atoms with Crippen LogP contribution in [0.1, 0.15) is 21.5 Å². The number of nitrogens with zero attached hydrogens (tertiary/aromatic N) is 1. The molecule has 24 heavy (non-hydrogen) atoms. The fraction of sp³-hybridized carbons (Fsp3) is 0.263. The third-order valence-electron chi connectivity index (χ3n) is 3.64. The van der Waals surface area contributed by atoms with Crippen LogP contribution < -0.4 is 10.2 Å². The lowest BCUT2D eigenvalue weighted by Gasteiger charge is -2.13. The van der Waals surface area contributed by atoms with Gasteiger partial charge in [0, 0.05) is 26.3 Å². The Morgan fingerprint density at radius 3 is 2.33 bits per heavy atom. The summed E-state index contributed by atoms with van der Waals surface area (Å²) in [5, 5.41) is 2.74. The van der Waals surface area contributed by atoms with Crippen molar-refractivity contribution in [3.05, 3.63) is 65.2 Å². The maximum absolute atomic E-state index is 11.9. The number of ether oxygens (including phenoxy) is 1. The van der Waals surface area contributed by atoms with Gasteiger partial charge in [-0.15, -0.1) is 0 Å². The second-order valence-corrected chi connectivity index (χ2v) is 5.73. The number of esters is 1. The van der Waals surface area contributed by atoms with Gasteiger partial charge in [0.2, 0.25) is 0 Å². The molecule has 5 heteroatoms. The number of rotatable bonds is 6. The first-order chi connectivity index (χ1) is 11.5. The molecule has 0 heterocycles. The Bertz CT molecular complexity index is 709. The van der Waals surface area contributed by atoms with Crippen molar-refractivity contribution in [2.75, 3.05) is 25.6 Å². The second-order valence-electron chi connectivity index (χ2n) is 5.73. The van der Waals surface area contributed by atoms with Crippen molar-refractivity contribution >= 4 is 17.6 Å². The number of aryl methyl sites for hydroxylation is 1. The molecule has 0 bridgehead atoms. The van der Waals surface area contributed by atoms with E-state index in [9.17, 15) is 9.59 Å². The zero-order chi connectivity index (χ0) is 17.5. The fourth-order valence-electron chi connectivity index (χ4n) is 2.17. The molecule has 0 atom stereocenters. The van der Waals surface area contributed by atoms with Crippen LogP contribution in [0.3, 0.4) is 0 Å². The summed E-state index contributed by atoms with van der Waals surface area (Å²) in [5.41, 5.74) is 3.38. The highest BCUT2D eigenvalue weighted by atomic mass is 16.5. The third-order valence-corrected chi connectivity index (χ3v) is 3.64. The molecule has 0 saturated carbocycles. The minimum absolute atomic E-state index is 0.289. The lowest BCUT2D eigenvalue weighted by atomic mass is 10.1. The van der Waals surface area contributed by atoms with E-state index < -0.39 is 5.97 Å². The summed E-state index contributed by atoms with van der Waals surface area (Å²) in [6, 6.07) is 15.0. The van der Waals surface area contributed by atoms with E-state index in [-0.39, 0.29) is 12.5 Å². The summed E-state index contributed by atoms with van der Waals surface area (Å²) in [6.45, 7) is 1.94. The molecule has 0 spiro atoms. The predicted octanol–water partition coefficient (Wildman–Crippen LogP) is 2.53. The zero-order valence-corrected chi connectivity index (χ0v) is 14.2. The highest BCUT2D eigenvalue weighted by molar-refractivity contribution is 5.92. The van der Waals surface area contributed by atoms with Gasteiger partial charge in [-0.05, 0) is 36.2 Å². The second kappa shape index (κ2) is 8.15. The Hall–Kier alpha value is -2.82. The molecule has 126 valence electrons. The minimum atomic E-state index is -0.487. The summed E-state index contributed by atoms with van der Waals surface area (Å²) in [5.74, 6) is -0.813. The standard InChI is InChI=1S/C19H22N2O3/c1-14-6-4-5-7-17(14)19(23)24-13-18(22)20-12-15-8-10-16(11-9-15)21(2)3/h4-11H,12-13H2,1-3H3,(H,20,22). The van der Waals surface area contributed by atoms with Crippen LogP contribution in [0.2, 0.25) is 0 Å². The molecule has 2 aromatic carbocycles. The molecule has 1 N–H and O–H groups in total. The molecule has 0 aromatic heterocycles. The molecule has 0 radical (unpaired) electrons. The SMILES string of the molecule is Cc1ccccc1C(=O)OCC(=O)NCc1ccc(N(C)C)cc1. The van der Waals surface area contributed by atoms with E-state index in [1.807, 2.05) is 62.3 Å². The van der Waals surface area contributed by atoms with Crippen LogP contribution >= 0.6 is 0 Å². The average Bonchev–Trinajstić information content (AvgIpc) is 2.58. The number of nitrogens with one attached hydrogen (secondary N) is 1. The molecule has 0 aliphatic rings. The van der Waals surface area contributed by atoms with Crippen LogP contribution in [0.25, 0.3) is 0 Å². The first kappa shape index (κ1) is 17.5. The Morgan fingerprint density at radius 1 is 1.04 bits per heavy atom. The highest BCUT2D eigenvalue weighted by Gasteiger charge is 2.11. The van der Waals surface area contributed by atoms with Crippen LogP contribution in [0.4, 0.5) is 5.69 Å². The van der Waals surface area contributed by atoms with E-state index in [0.29, 0.717) is 12.1 Å². The van der Waals surface area contributed by atoms with Crippen LogP contribution in [0.5, 0.6) is 0 Å². The molecule has 2 aromatic rings. The number of hydrogen-bond donors (Lipinski definition) is 1. The molecule has 2 rings (SSSR count). The van der Waals surface area contributed by atoms with E-state index in [1.165, 1.54) is 0 Å². The van der Waals surface area contributed by atoms with Crippen LogP contribution in [0.15, 0.2) is 48.5 Å². The summed E-state index contributed by atoms with van der Waals surface area (Å²) >= 11 is 0. The van der Waals surface area contributed by atoms with Gasteiger partial charge < -0.3 is 15.0 Å². The van der Waals surface area contributed by atoms with E-state index in [1.54, 1.807) is 12.1 Å². The first-order valence-corrected chi connectivity index (χ1v) is 7.73. The van der Waals surface area contributed by atoms with Gasteiger partial charge >= 0.3 is 5.97 Å². The molecular weight excluding hydrogens is 304 g/mol. The van der Waals surface area contributed by atoms with Crippen LogP contribution in [0, 0.1) is 6.92 Å². The van der Waals surface area contributed by atoms with Crippen molar-refractivity contribution in [1.82, 2.24) is 5.32 Å². The first-order valence-electron chi connectivity index (χ1n) is 7.73. The smallest absolute Gasteiger partial charge is 0.338 e. The van der Waals surface area contributed by atoms with Gasteiger partial charge in [-0.2, -0.15) is 0 Å². The predicted molar refractivity (Wildman–Crippen MR) is 94.1 cm³/mol. The van der Waals surface area contributed by atoms with Crippen LogP contribution in [-0.2, 0) is 16.1 Å². The molecule has 0 saturated heterocycles. The quantitative estimate of drug-likeness (QED) is 0.829. The highest BCUT2D eigenvalue weighted by Crippen LogP contribution is 2.12. The Kier molecular flexibility index (Phi) is 5.95. The summed E-state index contributed by atoms with van der Waals surface area (Å²) in [4.78, 5) is 25.8. The molecule has 5 nitrogen and oxygen atoms in total. The summed E-state index contributed by atoms with van der Waals surface area (Å²) < 4.78 is 5.05. The number of anilines is 1. The van der Waals surface area contributed by atoms with Crippen molar-refractivity contribution < 1.29 is 14.3 Å². The largest absolute Gasteiger partial charge is 0.452 e. The van der Waals surface area contributed by atoms with Crippen LogP contribution in [-0.4, -0.2) is 32.6 Å². The topological polar surface area (TPSA) is 58.6 Å². The number of carbonyl (C=O) groups is 2.